The zero-order valence-electron chi connectivity index (χ0n) is 12.1. The van der Waals surface area contributed by atoms with Crippen LogP contribution in [0, 0.1) is 0 Å². The van der Waals surface area contributed by atoms with Crippen LogP contribution in [0.1, 0.15) is 12.5 Å². The van der Waals surface area contributed by atoms with Crippen LogP contribution in [0.2, 0.25) is 0 Å². The number of amides is 1. The Labute approximate surface area is 132 Å². The normalized spacial score (nSPS) is 12.0. The van der Waals surface area contributed by atoms with Crippen LogP contribution in [0.3, 0.4) is 0 Å². The fourth-order valence-electron chi connectivity index (χ4n) is 1.57. The van der Waals surface area contributed by atoms with E-state index >= 15 is 0 Å². The molecule has 0 aliphatic heterocycles. The van der Waals surface area contributed by atoms with E-state index in [0.29, 0.717) is 6.54 Å². The zero-order chi connectivity index (χ0) is 15.2. The van der Waals surface area contributed by atoms with Gasteiger partial charge in [-0.3, -0.25) is 4.79 Å². The van der Waals surface area contributed by atoms with Crippen LogP contribution in [0.5, 0.6) is 0 Å². The maximum Gasteiger partial charge on any atom is 0.233 e. The Hall–Kier alpha value is -1.67. The van der Waals surface area contributed by atoms with E-state index in [9.17, 15) is 4.79 Å². The Morgan fingerprint density at radius 3 is 3.00 bits per heavy atom. The monoisotopic (exact) mass is 323 g/mol. The molecule has 0 aliphatic rings. The van der Waals surface area contributed by atoms with E-state index in [0.717, 1.165) is 15.7 Å². The van der Waals surface area contributed by atoms with Crippen molar-refractivity contribution in [1.82, 2.24) is 20.5 Å². The summed E-state index contributed by atoms with van der Waals surface area (Å²) in [5.41, 5.74) is 2.68. The summed E-state index contributed by atoms with van der Waals surface area (Å²) >= 11 is 2.85. The van der Waals surface area contributed by atoms with Crippen LogP contribution in [-0.2, 0) is 11.3 Å². The number of carbonyl (C=O) groups is 1. The Morgan fingerprint density at radius 2 is 2.33 bits per heavy atom. The number of hydrogen-bond acceptors (Lipinski definition) is 7. The molecule has 0 saturated heterocycles. The molecule has 112 valence electrons. The van der Waals surface area contributed by atoms with Gasteiger partial charge in [0.2, 0.25) is 5.91 Å². The van der Waals surface area contributed by atoms with Crippen molar-refractivity contribution in [3.63, 3.8) is 0 Å². The van der Waals surface area contributed by atoms with Gasteiger partial charge in [0.05, 0.1) is 5.25 Å². The molecule has 6 nitrogen and oxygen atoms in total. The molecule has 0 spiro atoms. The first-order chi connectivity index (χ1) is 10.1. The molecule has 2 aromatic heterocycles. The number of nitrogens with one attached hydrogen (secondary N) is 1. The molecule has 1 amide bonds. The molecular formula is C13H17N5OS2. The minimum absolute atomic E-state index is 0.0154. The van der Waals surface area contributed by atoms with Gasteiger partial charge in [0.15, 0.2) is 4.34 Å². The van der Waals surface area contributed by atoms with Gasteiger partial charge in [0, 0.05) is 26.8 Å². The highest BCUT2D eigenvalue weighted by atomic mass is 32.2. The predicted molar refractivity (Wildman–Crippen MR) is 85.6 cm³/mol. The standard InChI is InChI=1S/C13H17N5OS2/c1-9(21-13-17-16-8-20-13)12(19)15-7-10-4-5-14-11(6-10)18(2)3/h4-6,8-9H,7H2,1-3H3,(H,15,19). The van der Waals surface area contributed by atoms with Crippen LogP contribution < -0.4 is 10.2 Å². The SMILES string of the molecule is CC(Sc1nncs1)C(=O)NCc1ccnc(N(C)C)c1. The Balaban J connectivity index is 1.87. The topological polar surface area (TPSA) is 71.0 Å². The molecule has 0 saturated carbocycles. The van der Waals surface area contributed by atoms with Crippen LogP contribution in [0.15, 0.2) is 28.2 Å². The highest BCUT2D eigenvalue weighted by Gasteiger charge is 2.15. The van der Waals surface area contributed by atoms with E-state index < -0.39 is 0 Å². The van der Waals surface area contributed by atoms with E-state index in [-0.39, 0.29) is 11.2 Å². The summed E-state index contributed by atoms with van der Waals surface area (Å²) in [6.07, 6.45) is 1.75. The lowest BCUT2D eigenvalue weighted by molar-refractivity contribution is -0.120. The molecular weight excluding hydrogens is 306 g/mol. The van der Waals surface area contributed by atoms with Gasteiger partial charge in [-0.2, -0.15) is 0 Å². The van der Waals surface area contributed by atoms with Gasteiger partial charge in [-0.1, -0.05) is 23.1 Å². The quantitative estimate of drug-likeness (QED) is 0.817. The van der Waals surface area contributed by atoms with E-state index in [2.05, 4.69) is 20.5 Å². The lowest BCUT2D eigenvalue weighted by Crippen LogP contribution is -2.30. The van der Waals surface area contributed by atoms with Crippen molar-refractivity contribution in [2.75, 3.05) is 19.0 Å². The molecule has 0 aliphatic carbocycles. The number of rotatable bonds is 6. The second kappa shape index (κ2) is 7.37. The molecule has 1 N–H and O–H groups in total. The van der Waals surface area contributed by atoms with Gasteiger partial charge < -0.3 is 10.2 Å². The molecule has 2 heterocycles. The third-order valence-electron chi connectivity index (χ3n) is 2.72. The molecule has 0 fully saturated rings. The molecule has 0 radical (unpaired) electrons. The first-order valence-corrected chi connectivity index (χ1v) is 8.15. The summed E-state index contributed by atoms with van der Waals surface area (Å²) in [5, 5.41) is 10.4. The third-order valence-corrected chi connectivity index (χ3v) is 4.63. The van der Waals surface area contributed by atoms with Crippen LogP contribution >= 0.6 is 23.1 Å². The van der Waals surface area contributed by atoms with Gasteiger partial charge in [-0.15, -0.1) is 10.2 Å². The van der Waals surface area contributed by atoms with Crippen molar-refractivity contribution in [3.8, 4) is 0 Å². The van der Waals surface area contributed by atoms with Crippen molar-refractivity contribution < 1.29 is 4.79 Å². The lowest BCUT2D eigenvalue weighted by atomic mass is 10.2. The minimum atomic E-state index is -0.201. The highest BCUT2D eigenvalue weighted by Crippen LogP contribution is 2.24. The molecule has 2 aromatic rings. The van der Waals surface area contributed by atoms with Gasteiger partial charge in [0.25, 0.3) is 0 Å². The summed E-state index contributed by atoms with van der Waals surface area (Å²) in [4.78, 5) is 18.2. The van der Waals surface area contributed by atoms with Gasteiger partial charge in [0.1, 0.15) is 11.3 Å². The van der Waals surface area contributed by atoms with E-state index in [1.54, 1.807) is 11.7 Å². The molecule has 1 atom stereocenters. The maximum absolute atomic E-state index is 12.1. The smallest absolute Gasteiger partial charge is 0.233 e. The van der Waals surface area contributed by atoms with Gasteiger partial charge in [-0.25, -0.2) is 4.98 Å². The third kappa shape index (κ3) is 4.68. The van der Waals surface area contributed by atoms with Crippen molar-refractivity contribution in [2.45, 2.75) is 23.1 Å². The minimum Gasteiger partial charge on any atom is -0.363 e. The number of thioether (sulfide) groups is 1. The summed E-state index contributed by atoms with van der Waals surface area (Å²) in [6.45, 7) is 2.35. The van der Waals surface area contributed by atoms with Crippen molar-refractivity contribution in [3.05, 3.63) is 29.4 Å². The predicted octanol–water partition coefficient (Wildman–Crippen LogP) is 1.80. The van der Waals surface area contributed by atoms with Crippen molar-refractivity contribution in [2.24, 2.45) is 0 Å². The van der Waals surface area contributed by atoms with Crippen LogP contribution in [0.25, 0.3) is 0 Å². The first kappa shape index (κ1) is 15.7. The zero-order valence-corrected chi connectivity index (χ0v) is 13.7. The van der Waals surface area contributed by atoms with Gasteiger partial charge in [-0.05, 0) is 24.6 Å². The second-order valence-electron chi connectivity index (χ2n) is 4.60. The Morgan fingerprint density at radius 1 is 1.52 bits per heavy atom. The number of anilines is 1. The highest BCUT2D eigenvalue weighted by molar-refractivity contribution is 8.02. The first-order valence-electron chi connectivity index (χ1n) is 6.39. The second-order valence-corrected chi connectivity index (χ2v) is 7.02. The summed E-state index contributed by atoms with van der Waals surface area (Å²) in [6, 6.07) is 3.86. The Kier molecular flexibility index (Phi) is 5.51. The molecule has 0 aromatic carbocycles. The largest absolute Gasteiger partial charge is 0.363 e. The molecule has 21 heavy (non-hydrogen) atoms. The van der Waals surface area contributed by atoms with E-state index in [4.69, 9.17) is 0 Å². The number of carbonyl (C=O) groups excluding carboxylic acids is 1. The van der Waals surface area contributed by atoms with Crippen LogP contribution in [-0.4, -0.2) is 40.4 Å². The fourth-order valence-corrected chi connectivity index (χ4v) is 3.22. The summed E-state index contributed by atoms with van der Waals surface area (Å²) in [7, 11) is 3.87. The Bertz CT molecular complexity index is 588. The van der Waals surface area contributed by atoms with Crippen LogP contribution in [0.4, 0.5) is 5.82 Å². The number of pyridine rings is 1. The average Bonchev–Trinajstić information content (AvgIpc) is 2.97. The average molecular weight is 323 g/mol. The summed E-state index contributed by atoms with van der Waals surface area (Å²) in [5.74, 6) is 0.858. The molecule has 0 bridgehead atoms. The van der Waals surface area contributed by atoms with E-state index in [1.165, 1.54) is 23.1 Å². The van der Waals surface area contributed by atoms with Crippen molar-refractivity contribution >= 4 is 34.8 Å². The maximum atomic E-state index is 12.1. The van der Waals surface area contributed by atoms with Gasteiger partial charge >= 0.3 is 0 Å². The molecule has 1 unspecified atom stereocenters. The number of nitrogens with zero attached hydrogens (tertiary/aromatic N) is 4. The number of hydrogen-bond donors (Lipinski definition) is 1. The fraction of sp³-hybridized carbons (Fsp3) is 0.385. The number of aromatic nitrogens is 3. The summed E-state index contributed by atoms with van der Waals surface area (Å²) < 4.78 is 0.802. The van der Waals surface area contributed by atoms with Crippen molar-refractivity contribution in [1.29, 1.82) is 0 Å². The molecule has 8 heteroatoms. The molecule has 2 rings (SSSR count). The van der Waals surface area contributed by atoms with E-state index in [1.807, 2.05) is 38.1 Å². The lowest BCUT2D eigenvalue weighted by Gasteiger charge is -2.13.